The lowest BCUT2D eigenvalue weighted by molar-refractivity contribution is -0.140. The predicted octanol–water partition coefficient (Wildman–Crippen LogP) is 3.47. The van der Waals surface area contributed by atoms with E-state index in [0.717, 1.165) is 0 Å². The van der Waals surface area contributed by atoms with Crippen molar-refractivity contribution < 1.29 is 28.9 Å². The van der Waals surface area contributed by atoms with Crippen LogP contribution in [0.2, 0.25) is 0 Å². The number of rotatable bonds is 9. The lowest BCUT2D eigenvalue weighted by Gasteiger charge is -2.28. The van der Waals surface area contributed by atoms with Crippen LogP contribution in [-0.2, 0) is 9.59 Å². The van der Waals surface area contributed by atoms with E-state index in [4.69, 9.17) is 14.2 Å². The lowest BCUT2D eigenvalue weighted by Crippen LogP contribution is -2.35. The first-order chi connectivity index (χ1) is 16.2. The molecule has 8 nitrogen and oxygen atoms in total. The number of likely N-dealkylation sites (tertiary alicyclic amines) is 1. The summed E-state index contributed by atoms with van der Waals surface area (Å²) in [6.45, 7) is 4.67. The van der Waals surface area contributed by atoms with Gasteiger partial charge in [-0.15, -0.1) is 0 Å². The van der Waals surface area contributed by atoms with Crippen LogP contribution in [0.5, 0.6) is 17.2 Å². The van der Waals surface area contributed by atoms with Crippen molar-refractivity contribution in [2.75, 3.05) is 41.4 Å². The van der Waals surface area contributed by atoms with E-state index in [-0.39, 0.29) is 17.4 Å². The highest BCUT2D eigenvalue weighted by Gasteiger charge is 2.47. The number of aliphatic hydroxyl groups is 1. The van der Waals surface area contributed by atoms with Crippen molar-refractivity contribution in [3.8, 4) is 17.2 Å². The normalized spacial score (nSPS) is 17.5. The van der Waals surface area contributed by atoms with Gasteiger partial charge in [-0.25, -0.2) is 0 Å². The number of ether oxygens (including phenoxy) is 3. The standard InChI is InChI=1S/C26H32N2O6/c1-16(2)34-18-9-7-17(8-10-18)24(29)22-23(20-15-19(32-5)11-12-21(20)33-6)28(14-13-27(3)4)26(31)25(22)30/h7-12,15-16,23,29H,13-14H2,1-6H3/t23-/m0/s1. The highest BCUT2D eigenvalue weighted by molar-refractivity contribution is 6.46. The van der Waals surface area contributed by atoms with Crippen molar-refractivity contribution in [2.45, 2.75) is 26.0 Å². The van der Waals surface area contributed by atoms with Gasteiger partial charge < -0.3 is 29.1 Å². The molecule has 8 heteroatoms. The summed E-state index contributed by atoms with van der Waals surface area (Å²) in [6.07, 6.45) is 0.00185. The molecule has 1 saturated heterocycles. The molecule has 0 unspecified atom stereocenters. The summed E-state index contributed by atoms with van der Waals surface area (Å²) in [6, 6.07) is 11.1. The Morgan fingerprint density at radius 3 is 2.24 bits per heavy atom. The quantitative estimate of drug-likeness (QED) is 0.342. The van der Waals surface area contributed by atoms with Crippen LogP contribution < -0.4 is 14.2 Å². The van der Waals surface area contributed by atoms with E-state index < -0.39 is 17.7 Å². The van der Waals surface area contributed by atoms with Crippen LogP contribution in [0.25, 0.3) is 5.76 Å². The third-order valence-electron chi connectivity index (χ3n) is 5.56. The van der Waals surface area contributed by atoms with Gasteiger partial charge in [0, 0.05) is 24.2 Å². The number of ketones is 1. The van der Waals surface area contributed by atoms with Gasteiger partial charge in [0.2, 0.25) is 0 Å². The highest BCUT2D eigenvalue weighted by Crippen LogP contribution is 2.43. The molecule has 1 fully saturated rings. The SMILES string of the molecule is COc1ccc(OC)c([C@H]2C(=C(O)c3ccc(OC(C)C)cc3)C(=O)C(=O)N2CCN(C)C)c1. The number of aliphatic hydroxyl groups excluding tert-OH is 1. The molecule has 1 heterocycles. The number of carbonyl (C=O) groups excluding carboxylic acids is 2. The topological polar surface area (TPSA) is 88.5 Å². The minimum absolute atomic E-state index is 0.00185. The number of likely N-dealkylation sites (N-methyl/N-ethyl adjacent to an activating group) is 1. The largest absolute Gasteiger partial charge is 0.507 e. The molecule has 0 aliphatic carbocycles. The average molecular weight is 469 g/mol. The van der Waals surface area contributed by atoms with Crippen molar-refractivity contribution in [1.29, 1.82) is 0 Å². The molecular weight excluding hydrogens is 436 g/mol. The second-order valence-electron chi connectivity index (χ2n) is 8.59. The van der Waals surface area contributed by atoms with E-state index in [2.05, 4.69) is 0 Å². The molecule has 182 valence electrons. The van der Waals surface area contributed by atoms with Gasteiger partial charge in [0.05, 0.1) is 31.9 Å². The molecule has 1 aliphatic heterocycles. The number of methoxy groups -OCH3 is 2. The molecular formula is C26H32N2O6. The minimum atomic E-state index is -0.836. The summed E-state index contributed by atoms with van der Waals surface area (Å²) in [5.41, 5.74) is 0.975. The monoisotopic (exact) mass is 468 g/mol. The number of Topliss-reactive ketones (excluding diaryl/α,β-unsaturated/α-hetero) is 1. The van der Waals surface area contributed by atoms with E-state index in [1.807, 2.05) is 32.8 Å². The first-order valence-corrected chi connectivity index (χ1v) is 11.1. The molecule has 1 amide bonds. The molecule has 0 radical (unpaired) electrons. The van der Waals surface area contributed by atoms with E-state index in [1.165, 1.54) is 19.1 Å². The first kappa shape index (κ1) is 25.1. The van der Waals surface area contributed by atoms with Crippen LogP contribution in [0, 0.1) is 0 Å². The fraction of sp³-hybridized carbons (Fsp3) is 0.385. The maximum atomic E-state index is 13.2. The number of hydrogen-bond donors (Lipinski definition) is 1. The van der Waals surface area contributed by atoms with Crippen LogP contribution in [0.15, 0.2) is 48.0 Å². The van der Waals surface area contributed by atoms with E-state index >= 15 is 0 Å². The highest BCUT2D eigenvalue weighted by atomic mass is 16.5. The number of nitrogens with zero attached hydrogens (tertiary/aromatic N) is 2. The molecule has 1 N–H and O–H groups in total. The second-order valence-corrected chi connectivity index (χ2v) is 8.59. The number of benzene rings is 2. The molecule has 0 saturated carbocycles. The Morgan fingerprint density at radius 1 is 1.03 bits per heavy atom. The Hall–Kier alpha value is -3.52. The van der Waals surface area contributed by atoms with Gasteiger partial charge in [0.15, 0.2) is 0 Å². The number of hydrogen-bond acceptors (Lipinski definition) is 7. The number of carbonyl (C=O) groups is 2. The zero-order valence-corrected chi connectivity index (χ0v) is 20.5. The van der Waals surface area contributed by atoms with E-state index in [0.29, 0.717) is 41.5 Å². The molecule has 3 rings (SSSR count). The smallest absolute Gasteiger partial charge is 0.295 e. The maximum absolute atomic E-state index is 13.2. The van der Waals surface area contributed by atoms with Gasteiger partial charge >= 0.3 is 0 Å². The zero-order valence-electron chi connectivity index (χ0n) is 20.5. The van der Waals surface area contributed by atoms with Crippen molar-refractivity contribution in [2.24, 2.45) is 0 Å². The summed E-state index contributed by atoms with van der Waals surface area (Å²) in [4.78, 5) is 29.7. The minimum Gasteiger partial charge on any atom is -0.507 e. The van der Waals surface area contributed by atoms with Gasteiger partial charge in [-0.1, -0.05) is 0 Å². The van der Waals surface area contributed by atoms with E-state index in [1.54, 1.807) is 42.5 Å². The molecule has 2 aromatic rings. The Balaban J connectivity index is 2.17. The molecule has 1 atom stereocenters. The molecule has 1 aliphatic rings. The zero-order chi connectivity index (χ0) is 25.0. The number of amides is 1. The molecule has 0 spiro atoms. The Morgan fingerprint density at radius 2 is 1.68 bits per heavy atom. The molecule has 2 aromatic carbocycles. The Bertz CT molecular complexity index is 1080. The fourth-order valence-electron chi connectivity index (χ4n) is 3.91. The fourth-order valence-corrected chi connectivity index (χ4v) is 3.91. The van der Waals surface area contributed by atoms with Gasteiger partial charge in [-0.3, -0.25) is 9.59 Å². The van der Waals surface area contributed by atoms with Gasteiger partial charge in [-0.2, -0.15) is 0 Å². The summed E-state index contributed by atoms with van der Waals surface area (Å²) in [7, 11) is 6.83. The summed E-state index contributed by atoms with van der Waals surface area (Å²) in [5.74, 6) is 0.00524. The summed E-state index contributed by atoms with van der Waals surface area (Å²) < 4.78 is 16.6. The maximum Gasteiger partial charge on any atom is 0.295 e. The Labute approximate surface area is 200 Å². The van der Waals surface area contributed by atoms with Crippen molar-refractivity contribution in [3.63, 3.8) is 0 Å². The second kappa shape index (κ2) is 10.6. The van der Waals surface area contributed by atoms with Crippen LogP contribution in [0.4, 0.5) is 0 Å². The molecule has 0 aromatic heterocycles. The summed E-state index contributed by atoms with van der Waals surface area (Å²) >= 11 is 0. The molecule has 34 heavy (non-hydrogen) atoms. The van der Waals surface area contributed by atoms with Gasteiger partial charge in [0.25, 0.3) is 11.7 Å². The van der Waals surface area contributed by atoms with E-state index in [9.17, 15) is 14.7 Å². The predicted molar refractivity (Wildman–Crippen MR) is 129 cm³/mol. The van der Waals surface area contributed by atoms with Crippen molar-refractivity contribution >= 4 is 17.4 Å². The van der Waals surface area contributed by atoms with Crippen LogP contribution in [0.1, 0.15) is 31.0 Å². The first-order valence-electron chi connectivity index (χ1n) is 11.1. The third kappa shape index (κ3) is 5.17. The molecule has 0 bridgehead atoms. The third-order valence-corrected chi connectivity index (χ3v) is 5.56. The van der Waals surface area contributed by atoms with Crippen LogP contribution in [0.3, 0.4) is 0 Å². The average Bonchev–Trinajstić information content (AvgIpc) is 3.06. The van der Waals surface area contributed by atoms with Gasteiger partial charge in [-0.05, 0) is 70.4 Å². The van der Waals surface area contributed by atoms with Crippen LogP contribution in [-0.4, -0.2) is 74.1 Å². The summed E-state index contributed by atoms with van der Waals surface area (Å²) in [5, 5.41) is 11.3. The lowest BCUT2D eigenvalue weighted by atomic mass is 9.94. The van der Waals surface area contributed by atoms with Crippen molar-refractivity contribution in [1.82, 2.24) is 9.80 Å². The Kier molecular flexibility index (Phi) is 7.83. The van der Waals surface area contributed by atoms with Crippen LogP contribution >= 0.6 is 0 Å². The van der Waals surface area contributed by atoms with Gasteiger partial charge in [0.1, 0.15) is 23.0 Å². The van der Waals surface area contributed by atoms with Crippen molar-refractivity contribution in [3.05, 3.63) is 59.2 Å².